The van der Waals surface area contributed by atoms with Gasteiger partial charge in [0, 0.05) is 4.88 Å². The molecule has 2 rings (SSSR count). The van der Waals surface area contributed by atoms with E-state index < -0.39 is 0 Å². The van der Waals surface area contributed by atoms with Gasteiger partial charge in [-0.15, -0.1) is 11.3 Å². The molecule has 0 aliphatic heterocycles. The molecule has 0 aliphatic carbocycles. The number of hydrogen-bond acceptors (Lipinski definition) is 2. The molecular weight excluding hydrogens is 245 g/mol. The van der Waals surface area contributed by atoms with E-state index in [1.54, 1.807) is 23.5 Å². The molecule has 18 heavy (non-hydrogen) atoms. The molecule has 1 nitrogen and oxygen atoms in total. The van der Waals surface area contributed by atoms with E-state index in [2.05, 4.69) is 30.6 Å². The van der Waals surface area contributed by atoms with Gasteiger partial charge in [-0.2, -0.15) is 0 Å². The standard InChI is InChI=1S/C15H18FNS/c1-3-7-17-15(13-8-11(2)18-10-13)12-5-4-6-14(16)9-12/h4-6,8-10,15,17H,3,7H2,1-2H3. The van der Waals surface area contributed by atoms with E-state index >= 15 is 0 Å². The molecule has 96 valence electrons. The first-order valence-electron chi connectivity index (χ1n) is 6.24. The summed E-state index contributed by atoms with van der Waals surface area (Å²) in [5.74, 6) is -0.178. The van der Waals surface area contributed by atoms with Crippen molar-refractivity contribution in [3.8, 4) is 0 Å². The van der Waals surface area contributed by atoms with Crippen molar-refractivity contribution in [1.29, 1.82) is 0 Å². The maximum atomic E-state index is 13.3. The molecule has 2 aromatic rings. The maximum Gasteiger partial charge on any atom is 0.123 e. The Morgan fingerprint density at radius 1 is 1.28 bits per heavy atom. The lowest BCUT2D eigenvalue weighted by molar-refractivity contribution is 0.586. The summed E-state index contributed by atoms with van der Waals surface area (Å²) in [5, 5.41) is 5.63. The van der Waals surface area contributed by atoms with Gasteiger partial charge in [0.15, 0.2) is 0 Å². The van der Waals surface area contributed by atoms with Crippen molar-refractivity contribution in [3.63, 3.8) is 0 Å². The molecule has 1 aromatic heterocycles. The topological polar surface area (TPSA) is 12.0 Å². The van der Waals surface area contributed by atoms with Crippen LogP contribution in [0.5, 0.6) is 0 Å². The summed E-state index contributed by atoms with van der Waals surface area (Å²) in [6, 6.07) is 9.10. The Morgan fingerprint density at radius 2 is 2.11 bits per heavy atom. The van der Waals surface area contributed by atoms with Crippen molar-refractivity contribution >= 4 is 11.3 Å². The SMILES string of the molecule is CCCNC(c1cccc(F)c1)c1csc(C)c1. The second-order valence-corrected chi connectivity index (χ2v) is 5.55. The molecule has 1 unspecified atom stereocenters. The van der Waals surface area contributed by atoms with Gasteiger partial charge >= 0.3 is 0 Å². The molecule has 0 saturated heterocycles. The van der Waals surface area contributed by atoms with Gasteiger partial charge in [0.25, 0.3) is 0 Å². The van der Waals surface area contributed by atoms with Crippen LogP contribution in [0.2, 0.25) is 0 Å². The number of aryl methyl sites for hydroxylation is 1. The van der Waals surface area contributed by atoms with Crippen LogP contribution in [0.4, 0.5) is 4.39 Å². The van der Waals surface area contributed by atoms with E-state index in [0.717, 1.165) is 18.5 Å². The van der Waals surface area contributed by atoms with Gasteiger partial charge < -0.3 is 5.32 Å². The second kappa shape index (κ2) is 6.12. The first-order valence-corrected chi connectivity index (χ1v) is 7.12. The minimum Gasteiger partial charge on any atom is -0.306 e. The highest BCUT2D eigenvalue weighted by molar-refractivity contribution is 7.10. The predicted octanol–water partition coefficient (Wildman–Crippen LogP) is 4.28. The second-order valence-electron chi connectivity index (χ2n) is 4.43. The summed E-state index contributed by atoms with van der Waals surface area (Å²) >= 11 is 1.73. The number of rotatable bonds is 5. The molecule has 1 aromatic carbocycles. The van der Waals surface area contributed by atoms with Crippen LogP contribution in [-0.4, -0.2) is 6.54 Å². The Hall–Kier alpha value is -1.19. The molecule has 0 spiro atoms. The minimum absolute atomic E-state index is 0.0885. The first-order chi connectivity index (χ1) is 8.70. The highest BCUT2D eigenvalue weighted by Crippen LogP contribution is 2.26. The molecule has 0 fully saturated rings. The first kappa shape index (κ1) is 13.2. The normalized spacial score (nSPS) is 12.6. The summed E-state index contributed by atoms with van der Waals surface area (Å²) in [6.07, 6.45) is 1.06. The lowest BCUT2D eigenvalue weighted by Crippen LogP contribution is -2.22. The molecule has 1 N–H and O–H groups in total. The predicted molar refractivity (Wildman–Crippen MR) is 75.6 cm³/mol. The smallest absolute Gasteiger partial charge is 0.123 e. The lowest BCUT2D eigenvalue weighted by atomic mass is 10.0. The largest absolute Gasteiger partial charge is 0.306 e. The number of nitrogens with one attached hydrogen (secondary N) is 1. The average Bonchev–Trinajstić information content (AvgIpc) is 2.76. The van der Waals surface area contributed by atoms with E-state index in [-0.39, 0.29) is 11.9 Å². The zero-order valence-corrected chi connectivity index (χ0v) is 11.6. The Morgan fingerprint density at radius 3 is 2.72 bits per heavy atom. The number of thiophene rings is 1. The number of halogens is 1. The third kappa shape index (κ3) is 3.18. The van der Waals surface area contributed by atoms with Crippen molar-refractivity contribution in [1.82, 2.24) is 5.32 Å². The van der Waals surface area contributed by atoms with Crippen LogP contribution in [-0.2, 0) is 0 Å². The van der Waals surface area contributed by atoms with Crippen molar-refractivity contribution in [2.24, 2.45) is 0 Å². The molecule has 0 bridgehead atoms. The fraction of sp³-hybridized carbons (Fsp3) is 0.333. The van der Waals surface area contributed by atoms with Crippen LogP contribution in [0.3, 0.4) is 0 Å². The molecule has 1 heterocycles. The van der Waals surface area contributed by atoms with Crippen molar-refractivity contribution in [2.45, 2.75) is 26.3 Å². The van der Waals surface area contributed by atoms with E-state index in [9.17, 15) is 4.39 Å². The van der Waals surface area contributed by atoms with Gasteiger partial charge in [0.2, 0.25) is 0 Å². The van der Waals surface area contributed by atoms with Crippen LogP contribution < -0.4 is 5.32 Å². The van der Waals surface area contributed by atoms with Gasteiger partial charge in [-0.3, -0.25) is 0 Å². The highest BCUT2D eigenvalue weighted by atomic mass is 32.1. The van der Waals surface area contributed by atoms with Crippen LogP contribution >= 0.6 is 11.3 Å². The Labute approximate surface area is 112 Å². The summed E-state index contributed by atoms with van der Waals surface area (Å²) in [5.41, 5.74) is 2.21. The zero-order valence-electron chi connectivity index (χ0n) is 10.7. The minimum atomic E-state index is -0.178. The van der Waals surface area contributed by atoms with E-state index in [1.165, 1.54) is 16.5 Å². The van der Waals surface area contributed by atoms with Crippen LogP contribution in [0.1, 0.15) is 35.4 Å². The van der Waals surface area contributed by atoms with E-state index in [4.69, 9.17) is 0 Å². The quantitative estimate of drug-likeness (QED) is 0.848. The Kier molecular flexibility index (Phi) is 4.50. The molecule has 0 amide bonds. The van der Waals surface area contributed by atoms with Crippen molar-refractivity contribution in [3.05, 3.63) is 57.5 Å². The zero-order chi connectivity index (χ0) is 13.0. The van der Waals surface area contributed by atoms with Gasteiger partial charge in [-0.05, 0) is 54.6 Å². The molecule has 0 aliphatic rings. The fourth-order valence-corrected chi connectivity index (χ4v) is 2.75. The van der Waals surface area contributed by atoms with Crippen LogP contribution in [0.25, 0.3) is 0 Å². The van der Waals surface area contributed by atoms with Gasteiger partial charge in [-0.1, -0.05) is 19.1 Å². The summed E-state index contributed by atoms with van der Waals surface area (Å²) < 4.78 is 13.3. The molecule has 3 heteroatoms. The summed E-state index contributed by atoms with van der Waals surface area (Å²) in [4.78, 5) is 1.28. The van der Waals surface area contributed by atoms with Crippen molar-refractivity contribution in [2.75, 3.05) is 6.54 Å². The van der Waals surface area contributed by atoms with Gasteiger partial charge in [0.05, 0.1) is 6.04 Å². The third-order valence-electron chi connectivity index (χ3n) is 2.86. The highest BCUT2D eigenvalue weighted by Gasteiger charge is 2.14. The van der Waals surface area contributed by atoms with Gasteiger partial charge in [0.1, 0.15) is 5.82 Å². The molecule has 0 radical (unpaired) electrons. The van der Waals surface area contributed by atoms with Gasteiger partial charge in [-0.25, -0.2) is 4.39 Å². The average molecular weight is 263 g/mol. The third-order valence-corrected chi connectivity index (χ3v) is 3.74. The van der Waals surface area contributed by atoms with Crippen molar-refractivity contribution < 1.29 is 4.39 Å². The Balaban J connectivity index is 2.30. The van der Waals surface area contributed by atoms with Crippen LogP contribution in [0, 0.1) is 12.7 Å². The monoisotopic (exact) mass is 263 g/mol. The number of hydrogen-bond donors (Lipinski definition) is 1. The lowest BCUT2D eigenvalue weighted by Gasteiger charge is -2.18. The van der Waals surface area contributed by atoms with E-state index in [1.807, 2.05) is 6.07 Å². The molecule has 1 atom stereocenters. The summed E-state index contributed by atoms with van der Waals surface area (Å²) in [6.45, 7) is 5.15. The molecule has 0 saturated carbocycles. The maximum absolute atomic E-state index is 13.3. The fourth-order valence-electron chi connectivity index (χ4n) is 2.02. The number of benzene rings is 1. The summed E-state index contributed by atoms with van der Waals surface area (Å²) in [7, 11) is 0. The molecular formula is C15H18FNS. The Bertz CT molecular complexity index is 507. The van der Waals surface area contributed by atoms with E-state index in [0.29, 0.717) is 0 Å². The van der Waals surface area contributed by atoms with Crippen LogP contribution in [0.15, 0.2) is 35.7 Å².